The summed E-state index contributed by atoms with van der Waals surface area (Å²) in [6.07, 6.45) is -2.31. The number of aryl methyl sites for hydroxylation is 1. The molecule has 1 heterocycles. The summed E-state index contributed by atoms with van der Waals surface area (Å²) in [5, 5.41) is 30.1. The van der Waals surface area contributed by atoms with Crippen LogP contribution in [0.25, 0.3) is 0 Å². The molecule has 0 unspecified atom stereocenters. The van der Waals surface area contributed by atoms with Gasteiger partial charge in [0.1, 0.15) is 42.9 Å². The van der Waals surface area contributed by atoms with E-state index in [1.165, 1.54) is 0 Å². The topological polar surface area (TPSA) is 88.4 Å². The Bertz CT molecular complexity index is 616. The second kappa shape index (κ2) is 8.84. The first kappa shape index (κ1) is 20.5. The average Bonchev–Trinajstić information content (AvgIpc) is 2.69. The van der Waals surface area contributed by atoms with E-state index in [9.17, 15) is 19.7 Å². The van der Waals surface area contributed by atoms with Crippen molar-refractivity contribution in [3.63, 3.8) is 0 Å². The third-order valence-corrected chi connectivity index (χ3v) is 5.65. The first-order valence-electron chi connectivity index (χ1n) is 9.50. The molecule has 1 saturated heterocycles. The molecule has 0 radical (unpaired) electrons. The van der Waals surface area contributed by atoms with Gasteiger partial charge in [-0.3, -0.25) is 0 Å². The molecule has 0 spiro atoms. The lowest BCUT2D eigenvalue weighted by Gasteiger charge is -2.40. The standard InChI is InChI=1S/C20H29FO6/c1-11-3-4-12(20-19(24)18(23)17(22)16(10-21)27-20)9-15(11)26-14-7-5-13(25-2)6-8-14/h3-4,9,13-14,16-20,22-24H,5-8,10H2,1-2H3/t13?,14?,16-,17-,18+,19-,20+/m1/s1. The zero-order valence-electron chi connectivity index (χ0n) is 15.8. The highest BCUT2D eigenvalue weighted by Gasteiger charge is 2.44. The quantitative estimate of drug-likeness (QED) is 0.718. The Morgan fingerprint density at radius 2 is 1.70 bits per heavy atom. The molecule has 7 heteroatoms. The molecule has 1 aromatic rings. The van der Waals surface area contributed by atoms with E-state index in [1.54, 1.807) is 19.2 Å². The molecule has 3 rings (SSSR count). The summed E-state index contributed by atoms with van der Waals surface area (Å²) in [5.74, 6) is 0.682. The van der Waals surface area contributed by atoms with E-state index in [2.05, 4.69) is 0 Å². The smallest absolute Gasteiger partial charge is 0.122 e. The third-order valence-electron chi connectivity index (χ3n) is 5.65. The Hall–Kier alpha value is -1.25. The van der Waals surface area contributed by atoms with E-state index < -0.39 is 37.2 Å². The van der Waals surface area contributed by atoms with E-state index in [0.717, 1.165) is 31.2 Å². The van der Waals surface area contributed by atoms with Crippen molar-refractivity contribution in [3.8, 4) is 5.75 Å². The van der Waals surface area contributed by atoms with Crippen LogP contribution >= 0.6 is 0 Å². The zero-order chi connectivity index (χ0) is 19.6. The second-order valence-electron chi connectivity index (χ2n) is 7.50. The highest BCUT2D eigenvalue weighted by molar-refractivity contribution is 5.38. The van der Waals surface area contributed by atoms with Crippen LogP contribution < -0.4 is 4.74 Å². The summed E-state index contributed by atoms with van der Waals surface area (Å²) in [5.41, 5.74) is 1.53. The molecule has 2 fully saturated rings. The maximum absolute atomic E-state index is 13.1. The van der Waals surface area contributed by atoms with Crippen molar-refractivity contribution in [2.75, 3.05) is 13.8 Å². The minimum absolute atomic E-state index is 0.0913. The Morgan fingerprint density at radius 3 is 2.33 bits per heavy atom. The van der Waals surface area contributed by atoms with Crippen LogP contribution in [0.5, 0.6) is 5.75 Å². The first-order chi connectivity index (χ1) is 12.9. The summed E-state index contributed by atoms with van der Waals surface area (Å²) >= 11 is 0. The van der Waals surface area contributed by atoms with Crippen LogP contribution in [-0.2, 0) is 9.47 Å². The van der Waals surface area contributed by atoms with E-state index in [4.69, 9.17) is 14.2 Å². The minimum Gasteiger partial charge on any atom is -0.490 e. The zero-order valence-corrected chi connectivity index (χ0v) is 15.8. The summed E-state index contributed by atoms with van der Waals surface area (Å²) < 4.78 is 30.2. The second-order valence-corrected chi connectivity index (χ2v) is 7.50. The van der Waals surface area contributed by atoms with Gasteiger partial charge in [-0.15, -0.1) is 0 Å². The number of alkyl halides is 1. The van der Waals surface area contributed by atoms with Gasteiger partial charge in [0.25, 0.3) is 0 Å². The molecule has 0 aromatic heterocycles. The van der Waals surface area contributed by atoms with Crippen molar-refractivity contribution < 1.29 is 33.9 Å². The summed E-state index contributed by atoms with van der Waals surface area (Å²) in [4.78, 5) is 0. The molecule has 152 valence electrons. The van der Waals surface area contributed by atoms with Gasteiger partial charge < -0.3 is 29.5 Å². The fourth-order valence-corrected chi connectivity index (χ4v) is 3.84. The molecule has 1 aromatic carbocycles. The molecule has 2 aliphatic rings. The van der Waals surface area contributed by atoms with E-state index >= 15 is 0 Å². The van der Waals surface area contributed by atoms with Gasteiger partial charge in [0.05, 0.1) is 12.2 Å². The van der Waals surface area contributed by atoms with Crippen LogP contribution in [0.3, 0.4) is 0 Å². The maximum Gasteiger partial charge on any atom is 0.122 e. The van der Waals surface area contributed by atoms with E-state index in [1.807, 2.05) is 13.0 Å². The molecular formula is C20H29FO6. The molecule has 0 bridgehead atoms. The molecule has 1 aliphatic carbocycles. The lowest BCUT2D eigenvalue weighted by molar-refractivity contribution is -0.227. The summed E-state index contributed by atoms with van der Waals surface area (Å²) in [6, 6.07) is 5.38. The Balaban J connectivity index is 1.74. The normalized spacial score (nSPS) is 37.2. The number of methoxy groups -OCH3 is 1. The van der Waals surface area contributed by atoms with Crippen molar-refractivity contribution >= 4 is 0 Å². The van der Waals surface area contributed by atoms with Gasteiger partial charge in [-0.2, -0.15) is 0 Å². The number of benzene rings is 1. The van der Waals surface area contributed by atoms with Crippen LogP contribution in [-0.4, -0.2) is 65.7 Å². The fraction of sp³-hybridized carbons (Fsp3) is 0.700. The van der Waals surface area contributed by atoms with Gasteiger partial charge in [0, 0.05) is 7.11 Å². The van der Waals surface area contributed by atoms with Crippen LogP contribution in [0.1, 0.15) is 42.9 Å². The first-order valence-corrected chi connectivity index (χ1v) is 9.50. The number of rotatable bonds is 5. The van der Waals surface area contributed by atoms with Gasteiger partial charge in [0.2, 0.25) is 0 Å². The largest absolute Gasteiger partial charge is 0.490 e. The highest BCUT2D eigenvalue weighted by Crippen LogP contribution is 2.36. The summed E-state index contributed by atoms with van der Waals surface area (Å²) in [6.45, 7) is 0.987. The monoisotopic (exact) mass is 384 g/mol. The van der Waals surface area contributed by atoms with Crippen LogP contribution in [0, 0.1) is 6.92 Å². The third kappa shape index (κ3) is 4.43. The Morgan fingerprint density at radius 1 is 1.04 bits per heavy atom. The Kier molecular flexibility index (Phi) is 6.70. The van der Waals surface area contributed by atoms with Crippen LogP contribution in [0.4, 0.5) is 4.39 Å². The lowest BCUT2D eigenvalue weighted by Crippen LogP contribution is -2.54. The molecule has 27 heavy (non-hydrogen) atoms. The van der Waals surface area contributed by atoms with Gasteiger partial charge in [-0.25, -0.2) is 4.39 Å². The molecule has 1 saturated carbocycles. The van der Waals surface area contributed by atoms with Crippen LogP contribution in [0.15, 0.2) is 18.2 Å². The van der Waals surface area contributed by atoms with Crippen molar-refractivity contribution in [1.82, 2.24) is 0 Å². The van der Waals surface area contributed by atoms with Gasteiger partial charge in [0.15, 0.2) is 0 Å². The van der Waals surface area contributed by atoms with Gasteiger partial charge in [-0.05, 0) is 49.8 Å². The average molecular weight is 384 g/mol. The fourth-order valence-electron chi connectivity index (χ4n) is 3.84. The Labute approximate surface area is 158 Å². The van der Waals surface area contributed by atoms with E-state index in [0.29, 0.717) is 11.3 Å². The molecular weight excluding hydrogens is 355 g/mol. The van der Waals surface area contributed by atoms with Crippen LogP contribution in [0.2, 0.25) is 0 Å². The van der Waals surface area contributed by atoms with E-state index in [-0.39, 0.29) is 12.2 Å². The number of aliphatic hydroxyl groups is 3. The minimum atomic E-state index is -1.47. The number of hydrogen-bond acceptors (Lipinski definition) is 6. The molecule has 0 amide bonds. The molecule has 3 N–H and O–H groups in total. The van der Waals surface area contributed by atoms with Crippen molar-refractivity contribution in [2.45, 2.75) is 75.3 Å². The highest BCUT2D eigenvalue weighted by atomic mass is 19.1. The van der Waals surface area contributed by atoms with Crippen molar-refractivity contribution in [1.29, 1.82) is 0 Å². The predicted octanol–water partition coefficient (Wildman–Crippen LogP) is 1.82. The van der Waals surface area contributed by atoms with Gasteiger partial charge >= 0.3 is 0 Å². The lowest BCUT2D eigenvalue weighted by atomic mass is 9.91. The summed E-state index contributed by atoms with van der Waals surface area (Å²) in [7, 11) is 1.73. The molecule has 5 atom stereocenters. The predicted molar refractivity (Wildman–Crippen MR) is 96.5 cm³/mol. The van der Waals surface area contributed by atoms with Crippen molar-refractivity contribution in [2.24, 2.45) is 0 Å². The number of halogens is 1. The SMILES string of the molecule is COC1CCC(Oc2cc([C@@H]3O[C@H](CF)[C@@H](O)[C@H](O)[C@H]3O)ccc2C)CC1. The molecule has 6 nitrogen and oxygen atoms in total. The molecule has 1 aliphatic heterocycles. The maximum atomic E-state index is 13.1. The number of ether oxygens (including phenoxy) is 3. The number of hydrogen-bond donors (Lipinski definition) is 3. The van der Waals surface area contributed by atoms with Crippen molar-refractivity contribution in [3.05, 3.63) is 29.3 Å². The van der Waals surface area contributed by atoms with Gasteiger partial charge in [-0.1, -0.05) is 12.1 Å². The number of aliphatic hydroxyl groups excluding tert-OH is 3.